The number of nitrogens with one attached hydrogen (secondary N) is 1. The van der Waals surface area contributed by atoms with Crippen molar-refractivity contribution < 1.29 is 0 Å². The van der Waals surface area contributed by atoms with Crippen LogP contribution >= 0.6 is 23.2 Å². The molecule has 222 valence electrons. The van der Waals surface area contributed by atoms with Gasteiger partial charge in [-0.15, -0.1) is 0 Å². The van der Waals surface area contributed by atoms with Crippen LogP contribution in [-0.2, 0) is 6.54 Å². The van der Waals surface area contributed by atoms with E-state index in [0.717, 1.165) is 84.8 Å². The van der Waals surface area contributed by atoms with Crippen LogP contribution in [0, 0.1) is 0 Å². The van der Waals surface area contributed by atoms with Crippen LogP contribution in [0.4, 0.5) is 5.82 Å². The highest BCUT2D eigenvalue weighted by atomic mass is 35.5. The Bertz CT molecular complexity index is 1380. The van der Waals surface area contributed by atoms with Crippen LogP contribution in [0.2, 0.25) is 10.0 Å². The molecule has 0 radical (unpaired) electrons. The van der Waals surface area contributed by atoms with Gasteiger partial charge < -0.3 is 10.2 Å². The minimum absolute atomic E-state index is 0.146. The predicted octanol–water partition coefficient (Wildman–Crippen LogP) is 7.38. The zero-order valence-corrected chi connectivity index (χ0v) is 26.5. The van der Waals surface area contributed by atoms with Gasteiger partial charge in [-0.3, -0.25) is 9.80 Å². The van der Waals surface area contributed by atoms with Crippen molar-refractivity contribution in [1.29, 1.82) is 0 Å². The van der Waals surface area contributed by atoms with Gasteiger partial charge in [0.25, 0.3) is 0 Å². The second-order valence-corrected chi connectivity index (χ2v) is 12.3. The molecule has 1 aromatic heterocycles. The van der Waals surface area contributed by atoms with Crippen molar-refractivity contribution >= 4 is 39.9 Å². The summed E-state index contributed by atoms with van der Waals surface area (Å²) in [6, 6.07) is 25.2. The molecule has 3 aromatic carbocycles. The molecule has 0 amide bonds. The van der Waals surface area contributed by atoms with Gasteiger partial charge in [0.15, 0.2) is 0 Å². The van der Waals surface area contributed by atoms with Crippen LogP contribution in [0.1, 0.15) is 49.7 Å². The number of benzene rings is 3. The number of fused-ring (bicyclic) bond motifs is 1. The molecule has 0 bridgehead atoms. The first kappa shape index (κ1) is 30.7. The number of anilines is 1. The smallest absolute Gasteiger partial charge is 0.145 e. The van der Waals surface area contributed by atoms with Gasteiger partial charge in [-0.1, -0.05) is 66.5 Å². The molecule has 6 nitrogen and oxygen atoms in total. The van der Waals surface area contributed by atoms with Crippen molar-refractivity contribution in [1.82, 2.24) is 24.7 Å². The van der Waals surface area contributed by atoms with Gasteiger partial charge in [-0.2, -0.15) is 0 Å². The van der Waals surface area contributed by atoms with E-state index in [1.54, 1.807) is 0 Å². The normalized spacial score (nSPS) is 15.5. The fourth-order valence-corrected chi connectivity index (χ4v) is 6.05. The number of para-hydroxylation sites is 1. The summed E-state index contributed by atoms with van der Waals surface area (Å²) in [5.74, 6) is 1.80. The van der Waals surface area contributed by atoms with Crippen LogP contribution < -0.4 is 5.32 Å². The molecule has 1 aliphatic heterocycles. The van der Waals surface area contributed by atoms with Gasteiger partial charge in [0.05, 0.1) is 18.1 Å². The van der Waals surface area contributed by atoms with E-state index >= 15 is 0 Å². The van der Waals surface area contributed by atoms with Crippen LogP contribution in [0.3, 0.4) is 0 Å². The summed E-state index contributed by atoms with van der Waals surface area (Å²) in [6.07, 6.45) is 2.24. The summed E-state index contributed by atoms with van der Waals surface area (Å²) in [5, 5.41) is 6.28. The molecular formula is C34H42Cl2N6. The molecule has 1 N–H and O–H groups in total. The summed E-state index contributed by atoms with van der Waals surface area (Å²) in [6.45, 7) is 11.2. The van der Waals surface area contributed by atoms with Crippen LogP contribution in [-0.4, -0.2) is 77.0 Å². The molecule has 1 unspecified atom stereocenters. The van der Waals surface area contributed by atoms with E-state index < -0.39 is 0 Å². The number of nitrogens with zero attached hydrogens (tertiary/aromatic N) is 5. The maximum absolute atomic E-state index is 6.22. The van der Waals surface area contributed by atoms with E-state index in [4.69, 9.17) is 33.2 Å². The van der Waals surface area contributed by atoms with E-state index in [0.29, 0.717) is 6.04 Å². The molecule has 1 saturated heterocycles. The topological polar surface area (TPSA) is 47.5 Å². The molecule has 0 spiro atoms. The van der Waals surface area contributed by atoms with Gasteiger partial charge in [-0.05, 0) is 87.4 Å². The zero-order chi connectivity index (χ0) is 29.5. The van der Waals surface area contributed by atoms with Crippen LogP contribution in [0.15, 0.2) is 72.8 Å². The highest BCUT2D eigenvalue weighted by Gasteiger charge is 2.27. The van der Waals surface area contributed by atoms with Gasteiger partial charge in [0.1, 0.15) is 11.6 Å². The number of piperazine rings is 1. The third-order valence-electron chi connectivity index (χ3n) is 8.09. The van der Waals surface area contributed by atoms with E-state index in [1.807, 2.05) is 24.3 Å². The molecule has 2 heterocycles. The van der Waals surface area contributed by atoms with Crippen molar-refractivity contribution in [3.05, 3.63) is 99.8 Å². The molecule has 5 rings (SSSR count). The van der Waals surface area contributed by atoms with Gasteiger partial charge in [-0.25, -0.2) is 9.97 Å². The summed E-state index contributed by atoms with van der Waals surface area (Å²) in [5.41, 5.74) is 3.46. The Balaban J connectivity index is 1.27. The molecule has 4 aromatic rings. The Labute approximate surface area is 260 Å². The molecule has 0 saturated carbocycles. The lowest BCUT2D eigenvalue weighted by Crippen LogP contribution is -2.47. The van der Waals surface area contributed by atoms with Gasteiger partial charge >= 0.3 is 0 Å². The Morgan fingerprint density at radius 1 is 0.833 bits per heavy atom. The number of hydrogen-bond donors (Lipinski definition) is 1. The monoisotopic (exact) mass is 604 g/mol. The molecular weight excluding hydrogens is 563 g/mol. The third kappa shape index (κ3) is 8.00. The van der Waals surface area contributed by atoms with Crippen LogP contribution in [0.5, 0.6) is 0 Å². The van der Waals surface area contributed by atoms with E-state index in [9.17, 15) is 0 Å². The second kappa shape index (κ2) is 14.6. The lowest BCUT2D eigenvalue weighted by Gasteiger charge is -2.39. The van der Waals surface area contributed by atoms with Crippen molar-refractivity contribution in [2.24, 2.45) is 0 Å². The number of halogens is 2. The summed E-state index contributed by atoms with van der Waals surface area (Å²) < 4.78 is 0. The minimum atomic E-state index is 0.146. The second-order valence-electron chi connectivity index (χ2n) is 11.5. The molecule has 0 aliphatic carbocycles. The summed E-state index contributed by atoms with van der Waals surface area (Å²) in [4.78, 5) is 17.4. The average molecular weight is 606 g/mol. The molecule has 1 aliphatic rings. The van der Waals surface area contributed by atoms with Crippen molar-refractivity contribution in [3.8, 4) is 0 Å². The Morgan fingerprint density at radius 2 is 1.45 bits per heavy atom. The molecule has 1 fully saturated rings. The highest BCUT2D eigenvalue weighted by molar-refractivity contribution is 6.30. The number of rotatable bonds is 12. The first-order valence-electron chi connectivity index (χ1n) is 15.1. The van der Waals surface area contributed by atoms with Crippen molar-refractivity contribution in [2.75, 3.05) is 51.6 Å². The molecule has 8 heteroatoms. The van der Waals surface area contributed by atoms with E-state index in [2.05, 4.69) is 89.4 Å². The Hall–Kier alpha value is -2.74. The predicted molar refractivity (Wildman–Crippen MR) is 177 cm³/mol. The maximum Gasteiger partial charge on any atom is 0.145 e. The SMILES string of the molecule is CCCN(C)CCC(C)Nc1nc(CN2CCN(C(c3ccc(Cl)cc3)c3ccc(Cl)cc3)CC2)nc2ccccc12. The summed E-state index contributed by atoms with van der Waals surface area (Å²) >= 11 is 12.4. The lowest BCUT2D eigenvalue weighted by atomic mass is 9.96. The third-order valence-corrected chi connectivity index (χ3v) is 8.59. The van der Waals surface area contributed by atoms with Crippen LogP contribution in [0.25, 0.3) is 10.9 Å². The quantitative estimate of drug-likeness (QED) is 0.182. The first-order chi connectivity index (χ1) is 20.4. The first-order valence-corrected chi connectivity index (χ1v) is 15.8. The Morgan fingerprint density at radius 3 is 2.07 bits per heavy atom. The largest absolute Gasteiger partial charge is 0.367 e. The van der Waals surface area contributed by atoms with Crippen molar-refractivity contribution in [2.45, 2.75) is 45.3 Å². The number of hydrogen-bond acceptors (Lipinski definition) is 6. The van der Waals surface area contributed by atoms with Crippen molar-refractivity contribution in [3.63, 3.8) is 0 Å². The molecule has 1 atom stereocenters. The Kier molecular flexibility index (Phi) is 10.7. The highest BCUT2D eigenvalue weighted by Crippen LogP contribution is 2.31. The lowest BCUT2D eigenvalue weighted by molar-refractivity contribution is 0.103. The number of aromatic nitrogens is 2. The summed E-state index contributed by atoms with van der Waals surface area (Å²) in [7, 11) is 2.20. The standard InChI is InChI=1S/C34H42Cl2N6/c1-4-18-40(3)19-17-25(2)37-34-30-7-5-6-8-31(30)38-32(39-34)24-41-20-22-42(23-21-41)33(26-9-13-28(35)14-10-26)27-11-15-29(36)16-12-27/h5-16,25,33H,4,17-24H2,1-3H3,(H,37,38,39). The molecule has 42 heavy (non-hydrogen) atoms. The van der Waals surface area contributed by atoms with Gasteiger partial charge in [0.2, 0.25) is 0 Å². The maximum atomic E-state index is 6.22. The average Bonchev–Trinajstić information content (AvgIpc) is 2.99. The zero-order valence-electron chi connectivity index (χ0n) is 24.9. The minimum Gasteiger partial charge on any atom is -0.367 e. The fraction of sp³-hybridized carbons (Fsp3) is 0.412. The fourth-order valence-electron chi connectivity index (χ4n) is 5.80. The van der Waals surface area contributed by atoms with E-state index in [-0.39, 0.29) is 6.04 Å². The van der Waals surface area contributed by atoms with E-state index in [1.165, 1.54) is 17.5 Å². The van der Waals surface area contributed by atoms with Gasteiger partial charge in [0, 0.05) is 47.7 Å².